The maximum absolute atomic E-state index is 5.85. The number of nitrogens with two attached hydrogens (primary N) is 1. The van der Waals surface area contributed by atoms with Crippen molar-refractivity contribution in [2.45, 2.75) is 59.8 Å². The molecule has 80 valence electrons. The van der Waals surface area contributed by atoms with E-state index in [0.29, 0.717) is 5.41 Å². The zero-order chi connectivity index (χ0) is 10.3. The molecule has 0 bridgehead atoms. The van der Waals surface area contributed by atoms with Gasteiger partial charge in [0.25, 0.3) is 0 Å². The molecule has 0 spiro atoms. The van der Waals surface area contributed by atoms with E-state index in [1.807, 2.05) is 0 Å². The Balaban J connectivity index is 4.50. The maximum Gasteiger partial charge on any atom is -0.00437 e. The molecule has 0 aliphatic heterocycles. The fourth-order valence-corrected chi connectivity index (χ4v) is 2.73. The third-order valence-electron chi connectivity index (χ3n) is 3.80. The zero-order valence-corrected chi connectivity index (χ0v) is 9.90. The molecule has 0 aromatic heterocycles. The molecular formula is C12H27N. The first-order valence-electron chi connectivity index (χ1n) is 5.90. The highest BCUT2D eigenvalue weighted by atomic mass is 14.6. The van der Waals surface area contributed by atoms with E-state index < -0.39 is 0 Å². The summed E-state index contributed by atoms with van der Waals surface area (Å²) in [5, 5.41) is 0. The van der Waals surface area contributed by atoms with Gasteiger partial charge < -0.3 is 5.73 Å². The Bertz CT molecular complexity index is 112. The monoisotopic (exact) mass is 185 g/mol. The van der Waals surface area contributed by atoms with Crippen molar-refractivity contribution in [2.75, 3.05) is 6.54 Å². The van der Waals surface area contributed by atoms with E-state index in [4.69, 9.17) is 5.73 Å². The van der Waals surface area contributed by atoms with Crippen molar-refractivity contribution in [2.24, 2.45) is 17.1 Å². The molecule has 0 rings (SSSR count). The van der Waals surface area contributed by atoms with Crippen LogP contribution in [0.2, 0.25) is 0 Å². The first kappa shape index (κ1) is 13.0. The summed E-state index contributed by atoms with van der Waals surface area (Å²) in [6, 6.07) is 0. The fraction of sp³-hybridized carbons (Fsp3) is 1.00. The average Bonchev–Trinajstić information content (AvgIpc) is 2.18. The molecule has 0 radical (unpaired) electrons. The molecule has 0 aliphatic rings. The van der Waals surface area contributed by atoms with Crippen LogP contribution >= 0.6 is 0 Å². The van der Waals surface area contributed by atoms with Gasteiger partial charge in [0.1, 0.15) is 0 Å². The van der Waals surface area contributed by atoms with Gasteiger partial charge in [-0.25, -0.2) is 0 Å². The van der Waals surface area contributed by atoms with Crippen molar-refractivity contribution >= 4 is 0 Å². The van der Waals surface area contributed by atoms with Crippen molar-refractivity contribution in [1.29, 1.82) is 0 Å². The third-order valence-corrected chi connectivity index (χ3v) is 3.80. The minimum Gasteiger partial charge on any atom is -0.330 e. The quantitative estimate of drug-likeness (QED) is 0.644. The average molecular weight is 185 g/mol. The SMILES string of the molecule is CCCC(CC)(CC)C(CC)CN. The Hall–Kier alpha value is -0.0400. The van der Waals surface area contributed by atoms with E-state index in [9.17, 15) is 0 Å². The second-order valence-electron chi connectivity index (χ2n) is 4.16. The summed E-state index contributed by atoms with van der Waals surface area (Å²) in [5.41, 5.74) is 6.38. The van der Waals surface area contributed by atoms with Crippen LogP contribution in [-0.4, -0.2) is 6.54 Å². The summed E-state index contributed by atoms with van der Waals surface area (Å²) in [7, 11) is 0. The highest BCUT2D eigenvalue weighted by Gasteiger charge is 2.32. The molecule has 1 heteroatoms. The molecule has 2 N–H and O–H groups in total. The Morgan fingerprint density at radius 3 is 1.85 bits per heavy atom. The Labute approximate surface area is 84.1 Å². The van der Waals surface area contributed by atoms with E-state index in [1.165, 1.54) is 32.1 Å². The van der Waals surface area contributed by atoms with E-state index in [2.05, 4.69) is 27.7 Å². The third kappa shape index (κ3) is 2.98. The molecule has 1 nitrogen and oxygen atoms in total. The van der Waals surface area contributed by atoms with Gasteiger partial charge in [-0.2, -0.15) is 0 Å². The van der Waals surface area contributed by atoms with Crippen LogP contribution in [0, 0.1) is 11.3 Å². The van der Waals surface area contributed by atoms with Gasteiger partial charge in [-0.1, -0.05) is 53.4 Å². The highest BCUT2D eigenvalue weighted by molar-refractivity contribution is 4.83. The van der Waals surface area contributed by atoms with Crippen LogP contribution in [0.4, 0.5) is 0 Å². The van der Waals surface area contributed by atoms with Crippen molar-refractivity contribution in [3.8, 4) is 0 Å². The molecule has 0 fully saturated rings. The van der Waals surface area contributed by atoms with Crippen LogP contribution in [0.1, 0.15) is 59.8 Å². The molecule has 1 atom stereocenters. The molecule has 13 heavy (non-hydrogen) atoms. The van der Waals surface area contributed by atoms with Crippen LogP contribution in [0.3, 0.4) is 0 Å². The molecule has 0 aliphatic carbocycles. The van der Waals surface area contributed by atoms with E-state index >= 15 is 0 Å². The van der Waals surface area contributed by atoms with Crippen LogP contribution < -0.4 is 5.73 Å². The number of rotatable bonds is 7. The van der Waals surface area contributed by atoms with Crippen LogP contribution in [0.15, 0.2) is 0 Å². The number of hydrogen-bond acceptors (Lipinski definition) is 1. The number of hydrogen-bond donors (Lipinski definition) is 1. The van der Waals surface area contributed by atoms with Crippen LogP contribution in [-0.2, 0) is 0 Å². The van der Waals surface area contributed by atoms with Gasteiger partial charge in [0, 0.05) is 0 Å². The second kappa shape index (κ2) is 6.42. The highest BCUT2D eigenvalue weighted by Crippen LogP contribution is 2.40. The molecular weight excluding hydrogens is 158 g/mol. The molecule has 0 saturated carbocycles. The summed E-state index contributed by atoms with van der Waals surface area (Å²) in [5.74, 6) is 0.724. The lowest BCUT2D eigenvalue weighted by atomic mass is 9.67. The van der Waals surface area contributed by atoms with E-state index in [0.717, 1.165) is 12.5 Å². The van der Waals surface area contributed by atoms with Crippen molar-refractivity contribution in [3.05, 3.63) is 0 Å². The van der Waals surface area contributed by atoms with E-state index in [1.54, 1.807) is 0 Å². The Morgan fingerprint density at radius 1 is 1.08 bits per heavy atom. The van der Waals surface area contributed by atoms with Crippen molar-refractivity contribution in [1.82, 2.24) is 0 Å². The fourth-order valence-electron chi connectivity index (χ4n) is 2.73. The van der Waals surface area contributed by atoms with Gasteiger partial charge in [-0.05, 0) is 24.3 Å². The summed E-state index contributed by atoms with van der Waals surface area (Å²) in [6.45, 7) is 10.0. The van der Waals surface area contributed by atoms with Gasteiger partial charge in [-0.3, -0.25) is 0 Å². The first-order valence-corrected chi connectivity index (χ1v) is 5.90. The summed E-state index contributed by atoms with van der Waals surface area (Å²) in [4.78, 5) is 0. The first-order chi connectivity index (χ1) is 6.20. The van der Waals surface area contributed by atoms with Gasteiger partial charge >= 0.3 is 0 Å². The smallest absolute Gasteiger partial charge is 0.00437 e. The second-order valence-corrected chi connectivity index (χ2v) is 4.16. The van der Waals surface area contributed by atoms with Crippen LogP contribution in [0.5, 0.6) is 0 Å². The largest absolute Gasteiger partial charge is 0.330 e. The molecule has 0 aromatic rings. The van der Waals surface area contributed by atoms with E-state index in [-0.39, 0.29) is 0 Å². The molecule has 1 unspecified atom stereocenters. The maximum atomic E-state index is 5.85. The predicted molar refractivity (Wildman–Crippen MR) is 60.8 cm³/mol. The normalized spacial score (nSPS) is 14.5. The molecule has 0 amide bonds. The van der Waals surface area contributed by atoms with Gasteiger partial charge in [0.05, 0.1) is 0 Å². The molecule has 0 heterocycles. The van der Waals surface area contributed by atoms with Gasteiger partial charge in [0.15, 0.2) is 0 Å². The van der Waals surface area contributed by atoms with Gasteiger partial charge in [0.2, 0.25) is 0 Å². The van der Waals surface area contributed by atoms with Crippen molar-refractivity contribution < 1.29 is 0 Å². The minimum atomic E-state index is 0.526. The lowest BCUT2D eigenvalue weighted by Gasteiger charge is -2.39. The Kier molecular flexibility index (Phi) is 6.40. The molecule has 0 saturated heterocycles. The lowest BCUT2D eigenvalue weighted by molar-refractivity contribution is 0.127. The minimum absolute atomic E-state index is 0.526. The topological polar surface area (TPSA) is 26.0 Å². The van der Waals surface area contributed by atoms with Crippen molar-refractivity contribution in [3.63, 3.8) is 0 Å². The lowest BCUT2D eigenvalue weighted by Crippen LogP contribution is -2.34. The van der Waals surface area contributed by atoms with Gasteiger partial charge in [-0.15, -0.1) is 0 Å². The predicted octanol–water partition coefficient (Wildman–Crippen LogP) is 3.58. The standard InChI is InChI=1S/C12H27N/c1-5-9-12(7-3,8-4)11(6-2)10-13/h11H,5-10,13H2,1-4H3. The summed E-state index contributed by atoms with van der Waals surface area (Å²) in [6.07, 6.45) is 6.44. The summed E-state index contributed by atoms with van der Waals surface area (Å²) < 4.78 is 0. The molecule has 0 aromatic carbocycles. The zero-order valence-electron chi connectivity index (χ0n) is 9.90. The summed E-state index contributed by atoms with van der Waals surface area (Å²) >= 11 is 0. The van der Waals surface area contributed by atoms with Crippen LogP contribution in [0.25, 0.3) is 0 Å². The Morgan fingerprint density at radius 2 is 1.62 bits per heavy atom.